The van der Waals surface area contributed by atoms with Gasteiger partial charge in [0.2, 0.25) is 11.8 Å². The summed E-state index contributed by atoms with van der Waals surface area (Å²) >= 11 is 3.86. The van der Waals surface area contributed by atoms with Gasteiger partial charge in [0, 0.05) is 19.2 Å². The zero-order valence-corrected chi connectivity index (χ0v) is 11.7. The molecule has 0 aliphatic carbocycles. The van der Waals surface area contributed by atoms with Crippen LogP contribution in [0.2, 0.25) is 0 Å². The third-order valence-corrected chi connectivity index (χ3v) is 2.77. The topological polar surface area (TPSA) is 71.1 Å². The Morgan fingerprint density at radius 1 is 1.16 bits per heavy atom. The Morgan fingerprint density at radius 2 is 2.00 bits per heavy atom. The van der Waals surface area contributed by atoms with Crippen molar-refractivity contribution >= 4 is 30.3 Å². The molecule has 1 rings (SSSR count). The minimum atomic E-state index is -0.0590. The van der Waals surface area contributed by atoms with Crippen molar-refractivity contribution in [3.05, 3.63) is 24.4 Å². The first-order valence-electron chi connectivity index (χ1n) is 6.31. The Morgan fingerprint density at radius 3 is 2.68 bits per heavy atom. The molecule has 0 atom stereocenters. The second-order valence-corrected chi connectivity index (χ2v) is 4.40. The van der Waals surface area contributed by atoms with Crippen molar-refractivity contribution in [2.24, 2.45) is 0 Å². The lowest BCUT2D eigenvalue weighted by atomic mass is 10.2. The van der Waals surface area contributed by atoms with Crippen LogP contribution >= 0.6 is 12.6 Å². The van der Waals surface area contributed by atoms with E-state index < -0.39 is 0 Å². The summed E-state index contributed by atoms with van der Waals surface area (Å²) in [5, 5.41) is 5.46. The fourth-order valence-electron chi connectivity index (χ4n) is 1.51. The zero-order valence-electron chi connectivity index (χ0n) is 10.8. The molecule has 2 amide bonds. The average molecular weight is 281 g/mol. The molecule has 6 heteroatoms. The first-order valence-corrected chi connectivity index (χ1v) is 6.94. The summed E-state index contributed by atoms with van der Waals surface area (Å²) in [4.78, 5) is 26.5. The Balaban J connectivity index is 2.03. The first-order chi connectivity index (χ1) is 9.22. The van der Waals surface area contributed by atoms with Crippen LogP contribution in [0.5, 0.6) is 0 Å². The molecule has 1 aromatic rings. The van der Waals surface area contributed by atoms with Crippen molar-refractivity contribution in [3.8, 4) is 0 Å². The SMILES string of the molecule is O=C(CS)NCCCCCC(=O)Nc1ccccn1. The number of hydrogen-bond donors (Lipinski definition) is 3. The molecule has 1 aromatic heterocycles. The largest absolute Gasteiger partial charge is 0.355 e. The van der Waals surface area contributed by atoms with E-state index in [1.54, 1.807) is 18.3 Å². The van der Waals surface area contributed by atoms with E-state index in [1.165, 1.54) is 0 Å². The minimum absolute atomic E-state index is 0.0295. The van der Waals surface area contributed by atoms with Gasteiger partial charge in [-0.25, -0.2) is 4.98 Å². The van der Waals surface area contributed by atoms with Gasteiger partial charge in [-0.15, -0.1) is 0 Å². The first kappa shape index (κ1) is 15.5. The lowest BCUT2D eigenvalue weighted by Gasteiger charge is -2.04. The standard InChI is InChI=1S/C13H19N3O2S/c17-12(16-11-6-3-5-8-14-11)7-2-1-4-9-15-13(18)10-19/h3,5-6,8,19H,1-2,4,7,9-10H2,(H,15,18)(H,14,16,17). The molecule has 5 nitrogen and oxygen atoms in total. The number of pyridine rings is 1. The van der Waals surface area contributed by atoms with Crippen LogP contribution in [0.3, 0.4) is 0 Å². The van der Waals surface area contributed by atoms with Crippen LogP contribution in [-0.2, 0) is 9.59 Å². The molecule has 104 valence electrons. The van der Waals surface area contributed by atoms with Crippen molar-refractivity contribution in [2.75, 3.05) is 17.6 Å². The predicted molar refractivity (Wildman–Crippen MR) is 78.2 cm³/mol. The summed E-state index contributed by atoms with van der Waals surface area (Å²) in [5.41, 5.74) is 0. The smallest absolute Gasteiger partial charge is 0.229 e. The van der Waals surface area contributed by atoms with Gasteiger partial charge in [-0.1, -0.05) is 12.5 Å². The zero-order chi connectivity index (χ0) is 13.9. The second-order valence-electron chi connectivity index (χ2n) is 4.08. The summed E-state index contributed by atoms with van der Waals surface area (Å²) < 4.78 is 0. The van der Waals surface area contributed by atoms with Crippen molar-refractivity contribution in [1.82, 2.24) is 10.3 Å². The number of nitrogens with one attached hydrogen (secondary N) is 2. The molecule has 0 radical (unpaired) electrons. The third-order valence-electron chi connectivity index (χ3n) is 2.48. The van der Waals surface area contributed by atoms with E-state index in [9.17, 15) is 9.59 Å². The van der Waals surface area contributed by atoms with Gasteiger partial charge < -0.3 is 10.6 Å². The molecule has 2 N–H and O–H groups in total. The molecule has 0 aliphatic heterocycles. The van der Waals surface area contributed by atoms with Crippen LogP contribution in [0.1, 0.15) is 25.7 Å². The highest BCUT2D eigenvalue weighted by Gasteiger charge is 2.02. The molecule has 0 saturated heterocycles. The van der Waals surface area contributed by atoms with Gasteiger partial charge >= 0.3 is 0 Å². The molecular formula is C13H19N3O2S. The van der Waals surface area contributed by atoms with Crippen molar-refractivity contribution in [1.29, 1.82) is 0 Å². The van der Waals surface area contributed by atoms with E-state index in [0.29, 0.717) is 18.8 Å². The van der Waals surface area contributed by atoms with E-state index >= 15 is 0 Å². The molecule has 0 bridgehead atoms. The average Bonchev–Trinajstić information content (AvgIpc) is 2.43. The highest BCUT2D eigenvalue weighted by atomic mass is 32.1. The van der Waals surface area contributed by atoms with E-state index in [4.69, 9.17) is 0 Å². The van der Waals surface area contributed by atoms with Gasteiger partial charge in [0.25, 0.3) is 0 Å². The Bertz CT molecular complexity index is 398. The van der Waals surface area contributed by atoms with E-state index in [0.717, 1.165) is 19.3 Å². The van der Waals surface area contributed by atoms with Crippen LogP contribution in [0.25, 0.3) is 0 Å². The fourth-order valence-corrected chi connectivity index (χ4v) is 1.62. The minimum Gasteiger partial charge on any atom is -0.355 e. The summed E-state index contributed by atoms with van der Waals surface area (Å²) in [7, 11) is 0. The Kier molecular flexibility index (Phi) is 7.65. The Labute approximate surface area is 118 Å². The normalized spacial score (nSPS) is 9.95. The number of amides is 2. The Hall–Kier alpha value is -1.56. The maximum atomic E-state index is 11.6. The highest BCUT2D eigenvalue weighted by molar-refractivity contribution is 7.81. The third kappa shape index (κ3) is 7.46. The maximum absolute atomic E-state index is 11.6. The molecule has 0 fully saturated rings. The maximum Gasteiger partial charge on any atom is 0.229 e. The number of hydrogen-bond acceptors (Lipinski definition) is 4. The number of aromatic nitrogens is 1. The quantitative estimate of drug-likeness (QED) is 0.501. The van der Waals surface area contributed by atoms with Gasteiger partial charge in [-0.05, 0) is 25.0 Å². The predicted octanol–water partition coefficient (Wildman–Crippen LogP) is 1.63. The number of carbonyl (C=O) groups excluding carboxylic acids is 2. The summed E-state index contributed by atoms with van der Waals surface area (Å²) in [6.45, 7) is 0.640. The fraction of sp³-hybridized carbons (Fsp3) is 0.462. The number of rotatable bonds is 8. The summed E-state index contributed by atoms with van der Waals surface area (Å²) in [5.74, 6) is 0.704. The molecule has 1 heterocycles. The molecule has 0 spiro atoms. The second kappa shape index (κ2) is 9.38. The van der Waals surface area contributed by atoms with Gasteiger partial charge in [0.1, 0.15) is 5.82 Å². The molecule has 0 unspecified atom stereocenters. The van der Waals surface area contributed by atoms with Crippen molar-refractivity contribution < 1.29 is 9.59 Å². The monoisotopic (exact) mass is 281 g/mol. The lowest BCUT2D eigenvalue weighted by molar-refractivity contribution is -0.118. The van der Waals surface area contributed by atoms with Crippen LogP contribution < -0.4 is 10.6 Å². The molecule has 0 aliphatic rings. The van der Waals surface area contributed by atoms with Crippen LogP contribution in [0, 0.1) is 0 Å². The van der Waals surface area contributed by atoms with Gasteiger partial charge in [-0.3, -0.25) is 9.59 Å². The number of nitrogens with zero attached hydrogens (tertiary/aromatic N) is 1. The molecule has 0 aromatic carbocycles. The van der Waals surface area contributed by atoms with E-state index in [1.807, 2.05) is 6.07 Å². The summed E-state index contributed by atoms with van der Waals surface area (Å²) in [6.07, 6.45) is 4.69. The number of carbonyl (C=O) groups is 2. The van der Waals surface area contributed by atoms with Crippen molar-refractivity contribution in [2.45, 2.75) is 25.7 Å². The van der Waals surface area contributed by atoms with E-state index in [2.05, 4.69) is 28.2 Å². The molecule has 19 heavy (non-hydrogen) atoms. The van der Waals surface area contributed by atoms with Crippen LogP contribution in [0.4, 0.5) is 5.82 Å². The number of anilines is 1. The van der Waals surface area contributed by atoms with Crippen LogP contribution in [-0.4, -0.2) is 29.1 Å². The van der Waals surface area contributed by atoms with Gasteiger partial charge in [-0.2, -0.15) is 12.6 Å². The van der Waals surface area contributed by atoms with Crippen molar-refractivity contribution in [3.63, 3.8) is 0 Å². The lowest BCUT2D eigenvalue weighted by Crippen LogP contribution is -2.25. The van der Waals surface area contributed by atoms with Gasteiger partial charge in [0.15, 0.2) is 0 Å². The highest BCUT2D eigenvalue weighted by Crippen LogP contribution is 2.04. The molecule has 0 saturated carbocycles. The van der Waals surface area contributed by atoms with Crippen LogP contribution in [0.15, 0.2) is 24.4 Å². The number of thiol groups is 1. The number of unbranched alkanes of at least 4 members (excludes halogenated alkanes) is 2. The van der Waals surface area contributed by atoms with E-state index in [-0.39, 0.29) is 17.6 Å². The molecular weight excluding hydrogens is 262 g/mol. The van der Waals surface area contributed by atoms with Gasteiger partial charge in [0.05, 0.1) is 5.75 Å². The summed E-state index contributed by atoms with van der Waals surface area (Å²) in [6, 6.07) is 5.38.